The molecule has 4 N–H and O–H groups in total. The van der Waals surface area contributed by atoms with E-state index in [4.69, 9.17) is 10.6 Å². The Morgan fingerprint density at radius 2 is 2.31 bits per heavy atom. The second-order valence-corrected chi connectivity index (χ2v) is 5.12. The molecular formula is C11H24N4O. The molecule has 94 valence electrons. The number of hydrazine groups is 1. The number of rotatable bonds is 4. The molecule has 0 bridgehead atoms. The van der Waals surface area contributed by atoms with Gasteiger partial charge in [-0.3, -0.25) is 5.43 Å². The van der Waals surface area contributed by atoms with Gasteiger partial charge in [0.1, 0.15) is 0 Å². The van der Waals surface area contributed by atoms with Crippen LogP contribution in [0.4, 0.5) is 0 Å². The molecule has 0 aliphatic heterocycles. The highest BCUT2D eigenvalue weighted by Gasteiger charge is 2.31. The number of guanidine groups is 1. The predicted molar refractivity (Wildman–Crippen MR) is 66.1 cm³/mol. The lowest BCUT2D eigenvalue weighted by Gasteiger charge is -2.19. The van der Waals surface area contributed by atoms with Crippen LogP contribution in [0.2, 0.25) is 0 Å². The van der Waals surface area contributed by atoms with Gasteiger partial charge in [0.15, 0.2) is 0 Å². The van der Waals surface area contributed by atoms with Crippen LogP contribution in [0.25, 0.3) is 0 Å². The first-order valence-corrected chi connectivity index (χ1v) is 5.84. The van der Waals surface area contributed by atoms with Crippen LogP contribution < -0.4 is 16.6 Å². The fourth-order valence-corrected chi connectivity index (χ4v) is 2.13. The number of nitrogens with one attached hydrogen (secondary N) is 2. The van der Waals surface area contributed by atoms with Crippen LogP contribution in [0.3, 0.4) is 0 Å². The standard InChI is InChI=1S/C11H24N4O/c1-11(2)5-4-9(8-11)14-10(15-12)13-6-7-16-3/h9H,4-8,12H2,1-3H3,(H2,13,14,15). The summed E-state index contributed by atoms with van der Waals surface area (Å²) in [5.74, 6) is 6.08. The Morgan fingerprint density at radius 3 is 2.81 bits per heavy atom. The van der Waals surface area contributed by atoms with Gasteiger partial charge in [0.05, 0.1) is 13.2 Å². The topological polar surface area (TPSA) is 71.7 Å². The SMILES string of the molecule is COCCN=C(NN)NC1CCC(C)(C)C1. The number of hydrogen-bond acceptors (Lipinski definition) is 3. The Morgan fingerprint density at radius 1 is 1.56 bits per heavy atom. The zero-order chi connectivity index (χ0) is 12.0. The second-order valence-electron chi connectivity index (χ2n) is 5.12. The van der Waals surface area contributed by atoms with Crippen molar-refractivity contribution in [3.05, 3.63) is 0 Å². The van der Waals surface area contributed by atoms with Gasteiger partial charge in [-0.1, -0.05) is 13.8 Å². The Bertz CT molecular complexity index is 240. The van der Waals surface area contributed by atoms with Crippen LogP contribution in [0.5, 0.6) is 0 Å². The van der Waals surface area contributed by atoms with Gasteiger partial charge in [-0.15, -0.1) is 0 Å². The molecule has 1 atom stereocenters. The third kappa shape index (κ3) is 4.37. The summed E-state index contributed by atoms with van der Waals surface area (Å²) >= 11 is 0. The molecule has 0 amide bonds. The van der Waals surface area contributed by atoms with Crippen LogP contribution in [-0.4, -0.2) is 32.3 Å². The molecule has 0 aromatic heterocycles. The molecule has 1 aliphatic carbocycles. The van der Waals surface area contributed by atoms with Gasteiger partial charge in [0.2, 0.25) is 5.96 Å². The molecular weight excluding hydrogens is 204 g/mol. The van der Waals surface area contributed by atoms with Gasteiger partial charge < -0.3 is 10.1 Å². The van der Waals surface area contributed by atoms with Crippen molar-refractivity contribution in [3.8, 4) is 0 Å². The van der Waals surface area contributed by atoms with Gasteiger partial charge in [-0.25, -0.2) is 10.8 Å². The molecule has 0 radical (unpaired) electrons. The summed E-state index contributed by atoms with van der Waals surface area (Å²) in [6.45, 7) is 5.83. The van der Waals surface area contributed by atoms with E-state index in [0.717, 1.165) is 6.42 Å². The summed E-state index contributed by atoms with van der Waals surface area (Å²) in [5, 5.41) is 3.34. The van der Waals surface area contributed by atoms with Gasteiger partial charge >= 0.3 is 0 Å². The molecule has 1 fully saturated rings. The van der Waals surface area contributed by atoms with Crippen LogP contribution >= 0.6 is 0 Å². The van der Waals surface area contributed by atoms with Crippen molar-refractivity contribution in [2.45, 2.75) is 39.2 Å². The molecule has 0 aromatic rings. The smallest absolute Gasteiger partial charge is 0.206 e. The number of ether oxygens (including phenoxy) is 1. The summed E-state index contributed by atoms with van der Waals surface area (Å²) in [6.07, 6.45) is 3.59. The number of nitrogens with zero attached hydrogens (tertiary/aromatic N) is 1. The lowest BCUT2D eigenvalue weighted by molar-refractivity contribution is 0.208. The summed E-state index contributed by atoms with van der Waals surface area (Å²) in [7, 11) is 1.66. The van der Waals surface area contributed by atoms with Crippen LogP contribution in [0.1, 0.15) is 33.1 Å². The normalized spacial score (nSPS) is 24.5. The van der Waals surface area contributed by atoms with Crippen molar-refractivity contribution in [3.63, 3.8) is 0 Å². The van der Waals surface area contributed by atoms with E-state index in [1.165, 1.54) is 12.8 Å². The van der Waals surface area contributed by atoms with Gasteiger partial charge in [-0.2, -0.15) is 0 Å². The highest BCUT2D eigenvalue weighted by molar-refractivity contribution is 5.79. The Labute approximate surface area is 97.8 Å². The molecule has 16 heavy (non-hydrogen) atoms. The zero-order valence-electron chi connectivity index (χ0n) is 10.5. The van der Waals surface area contributed by atoms with Crippen molar-refractivity contribution in [1.82, 2.24) is 10.7 Å². The molecule has 0 heterocycles. The summed E-state index contributed by atoms with van der Waals surface area (Å²) in [4.78, 5) is 4.29. The van der Waals surface area contributed by atoms with Crippen molar-refractivity contribution >= 4 is 5.96 Å². The van der Waals surface area contributed by atoms with E-state index in [0.29, 0.717) is 30.6 Å². The summed E-state index contributed by atoms with van der Waals surface area (Å²) < 4.78 is 4.94. The van der Waals surface area contributed by atoms with Crippen molar-refractivity contribution in [2.75, 3.05) is 20.3 Å². The number of nitrogens with two attached hydrogens (primary N) is 1. The molecule has 1 rings (SSSR count). The monoisotopic (exact) mass is 228 g/mol. The van der Waals surface area contributed by atoms with Gasteiger partial charge in [-0.05, 0) is 24.7 Å². The third-order valence-electron chi connectivity index (χ3n) is 3.01. The van der Waals surface area contributed by atoms with E-state index < -0.39 is 0 Å². The van der Waals surface area contributed by atoms with E-state index in [2.05, 4.69) is 29.6 Å². The van der Waals surface area contributed by atoms with E-state index in [1.807, 2.05) is 0 Å². The van der Waals surface area contributed by atoms with E-state index >= 15 is 0 Å². The van der Waals surface area contributed by atoms with Crippen LogP contribution in [0, 0.1) is 5.41 Å². The van der Waals surface area contributed by atoms with Gasteiger partial charge in [0, 0.05) is 13.2 Å². The molecule has 5 heteroatoms. The van der Waals surface area contributed by atoms with Gasteiger partial charge in [0.25, 0.3) is 0 Å². The average molecular weight is 228 g/mol. The molecule has 0 spiro atoms. The number of aliphatic imine (C=N–C) groups is 1. The first kappa shape index (κ1) is 13.3. The predicted octanol–water partition coefficient (Wildman–Crippen LogP) is 0.620. The minimum absolute atomic E-state index is 0.434. The largest absolute Gasteiger partial charge is 0.383 e. The quantitative estimate of drug-likeness (QED) is 0.217. The Kier molecular flexibility index (Phi) is 5.02. The maximum atomic E-state index is 5.42. The second kappa shape index (κ2) is 6.06. The van der Waals surface area contributed by atoms with Crippen molar-refractivity contribution < 1.29 is 4.74 Å². The maximum Gasteiger partial charge on any atom is 0.206 e. The third-order valence-corrected chi connectivity index (χ3v) is 3.01. The highest BCUT2D eigenvalue weighted by Crippen LogP contribution is 2.36. The average Bonchev–Trinajstić information content (AvgIpc) is 2.57. The first-order chi connectivity index (χ1) is 7.57. The minimum Gasteiger partial charge on any atom is -0.383 e. The fraction of sp³-hybridized carbons (Fsp3) is 0.909. The molecule has 1 unspecified atom stereocenters. The lowest BCUT2D eigenvalue weighted by atomic mass is 9.92. The lowest BCUT2D eigenvalue weighted by Crippen LogP contribution is -2.46. The van der Waals surface area contributed by atoms with E-state index in [-0.39, 0.29) is 0 Å². The Balaban J connectivity index is 2.36. The Hall–Kier alpha value is -0.810. The summed E-state index contributed by atoms with van der Waals surface area (Å²) in [6, 6.07) is 0.479. The molecule has 0 saturated heterocycles. The summed E-state index contributed by atoms with van der Waals surface area (Å²) in [5.41, 5.74) is 3.03. The van der Waals surface area contributed by atoms with E-state index in [9.17, 15) is 0 Å². The molecule has 1 saturated carbocycles. The van der Waals surface area contributed by atoms with Crippen molar-refractivity contribution in [1.29, 1.82) is 0 Å². The number of methoxy groups -OCH3 is 1. The zero-order valence-corrected chi connectivity index (χ0v) is 10.5. The minimum atomic E-state index is 0.434. The van der Waals surface area contributed by atoms with E-state index in [1.54, 1.807) is 7.11 Å². The molecule has 5 nitrogen and oxygen atoms in total. The molecule has 0 aromatic carbocycles. The fourth-order valence-electron chi connectivity index (χ4n) is 2.13. The number of hydrogen-bond donors (Lipinski definition) is 3. The van der Waals surface area contributed by atoms with Crippen molar-refractivity contribution in [2.24, 2.45) is 16.3 Å². The maximum absolute atomic E-state index is 5.42. The highest BCUT2D eigenvalue weighted by atomic mass is 16.5. The van der Waals surface area contributed by atoms with Crippen LogP contribution in [0.15, 0.2) is 4.99 Å². The van der Waals surface area contributed by atoms with Crippen LogP contribution in [-0.2, 0) is 4.74 Å². The molecule has 1 aliphatic rings. The first-order valence-electron chi connectivity index (χ1n) is 5.84.